The lowest BCUT2D eigenvalue weighted by Gasteiger charge is -2.32. The monoisotopic (exact) mass is 493 g/mol. The average molecular weight is 494 g/mol. The van der Waals surface area contributed by atoms with E-state index in [1.54, 1.807) is 26.0 Å². The molecule has 33 heavy (non-hydrogen) atoms. The molecule has 7 nitrogen and oxygen atoms in total. The number of nitrogens with one attached hydrogen (secondary N) is 1. The highest BCUT2D eigenvalue weighted by Crippen LogP contribution is 2.26. The highest BCUT2D eigenvalue weighted by molar-refractivity contribution is 7.92. The van der Waals surface area contributed by atoms with Crippen LogP contribution in [0.5, 0.6) is 0 Å². The fraction of sp³-hybridized carbons (Fsp3) is 0.417. The van der Waals surface area contributed by atoms with Crippen molar-refractivity contribution in [1.82, 2.24) is 10.2 Å². The quantitative estimate of drug-likeness (QED) is 0.483. The van der Waals surface area contributed by atoms with Crippen molar-refractivity contribution >= 4 is 39.1 Å². The summed E-state index contributed by atoms with van der Waals surface area (Å²) in [6, 6.07) is 13.4. The molecule has 2 amide bonds. The Hall–Kier alpha value is -2.58. The van der Waals surface area contributed by atoms with Crippen LogP contribution in [-0.2, 0) is 26.2 Å². The van der Waals surface area contributed by atoms with Crippen LogP contribution in [0, 0.1) is 6.92 Å². The van der Waals surface area contributed by atoms with Crippen molar-refractivity contribution in [3.63, 3.8) is 0 Å². The van der Waals surface area contributed by atoms with E-state index in [1.807, 2.05) is 37.3 Å². The average Bonchev–Trinajstić information content (AvgIpc) is 2.77. The lowest BCUT2D eigenvalue weighted by atomic mass is 10.1. The number of unbranched alkanes of at least 4 members (excludes halogenated alkanes) is 1. The molecule has 1 N–H and O–H groups in total. The number of carbonyl (C=O) groups excluding carboxylic acids is 2. The van der Waals surface area contributed by atoms with E-state index in [-0.39, 0.29) is 12.5 Å². The fourth-order valence-electron chi connectivity index (χ4n) is 3.34. The molecule has 0 spiro atoms. The molecule has 2 rings (SSSR count). The van der Waals surface area contributed by atoms with Crippen molar-refractivity contribution in [3.8, 4) is 0 Å². The highest BCUT2D eigenvalue weighted by atomic mass is 35.5. The second-order valence-electron chi connectivity index (χ2n) is 8.03. The summed E-state index contributed by atoms with van der Waals surface area (Å²) in [6.07, 6.45) is 2.81. The molecular formula is C24H32ClN3O4S. The Morgan fingerprint density at radius 3 is 2.39 bits per heavy atom. The van der Waals surface area contributed by atoms with Crippen LogP contribution in [0.15, 0.2) is 48.5 Å². The van der Waals surface area contributed by atoms with E-state index in [0.29, 0.717) is 22.8 Å². The molecule has 0 bridgehead atoms. The third-order valence-electron chi connectivity index (χ3n) is 5.31. The van der Waals surface area contributed by atoms with Gasteiger partial charge in [0.25, 0.3) is 0 Å². The SMILES string of the molecule is CCCCNC(=O)C(C)N(Cc1ccccc1)C(=O)CN(c1cc(Cl)ccc1C)S(C)(=O)=O. The van der Waals surface area contributed by atoms with E-state index in [9.17, 15) is 18.0 Å². The summed E-state index contributed by atoms with van der Waals surface area (Å²) in [4.78, 5) is 27.6. The van der Waals surface area contributed by atoms with Gasteiger partial charge >= 0.3 is 0 Å². The number of rotatable bonds is 11. The van der Waals surface area contributed by atoms with Gasteiger partial charge in [-0.2, -0.15) is 0 Å². The van der Waals surface area contributed by atoms with Gasteiger partial charge in [-0.3, -0.25) is 13.9 Å². The molecule has 0 radical (unpaired) electrons. The summed E-state index contributed by atoms with van der Waals surface area (Å²) in [5.74, 6) is -0.764. The summed E-state index contributed by atoms with van der Waals surface area (Å²) < 4.78 is 26.3. The molecule has 0 saturated heterocycles. The molecule has 2 aromatic rings. The van der Waals surface area contributed by atoms with Gasteiger partial charge in [-0.25, -0.2) is 8.42 Å². The number of halogens is 1. The van der Waals surface area contributed by atoms with Crippen LogP contribution in [0.2, 0.25) is 5.02 Å². The minimum Gasteiger partial charge on any atom is -0.354 e. The zero-order valence-corrected chi connectivity index (χ0v) is 21.1. The molecule has 0 aliphatic rings. The van der Waals surface area contributed by atoms with Crippen LogP contribution in [0.3, 0.4) is 0 Å². The molecule has 0 heterocycles. The third kappa shape index (κ3) is 7.75. The van der Waals surface area contributed by atoms with Crippen LogP contribution in [0.25, 0.3) is 0 Å². The molecule has 1 atom stereocenters. The number of amides is 2. The van der Waals surface area contributed by atoms with Crippen molar-refractivity contribution in [2.75, 3.05) is 23.7 Å². The highest BCUT2D eigenvalue weighted by Gasteiger charge is 2.30. The number of carbonyl (C=O) groups is 2. The molecular weight excluding hydrogens is 462 g/mol. The van der Waals surface area contributed by atoms with E-state index in [0.717, 1.165) is 29.0 Å². The first-order valence-corrected chi connectivity index (χ1v) is 13.1. The van der Waals surface area contributed by atoms with Gasteiger partial charge in [0.05, 0.1) is 11.9 Å². The van der Waals surface area contributed by atoms with Gasteiger partial charge in [-0.05, 0) is 43.5 Å². The second-order valence-corrected chi connectivity index (χ2v) is 10.4. The van der Waals surface area contributed by atoms with Crippen molar-refractivity contribution in [1.29, 1.82) is 0 Å². The van der Waals surface area contributed by atoms with E-state index in [1.165, 1.54) is 11.0 Å². The minimum atomic E-state index is -3.80. The summed E-state index contributed by atoms with van der Waals surface area (Å²) in [6.45, 7) is 5.67. The summed E-state index contributed by atoms with van der Waals surface area (Å²) >= 11 is 6.10. The number of benzene rings is 2. The van der Waals surface area contributed by atoms with Crippen LogP contribution in [0.4, 0.5) is 5.69 Å². The number of nitrogens with zero attached hydrogens (tertiary/aromatic N) is 2. The second kappa shape index (κ2) is 12.0. The number of hydrogen-bond acceptors (Lipinski definition) is 4. The smallest absolute Gasteiger partial charge is 0.244 e. The molecule has 0 aliphatic carbocycles. The van der Waals surface area contributed by atoms with Crippen molar-refractivity contribution in [2.45, 2.75) is 46.2 Å². The van der Waals surface area contributed by atoms with Gasteiger partial charge in [-0.1, -0.05) is 61.3 Å². The summed E-state index contributed by atoms with van der Waals surface area (Å²) in [5.41, 5.74) is 1.83. The van der Waals surface area contributed by atoms with Crippen LogP contribution in [-0.4, -0.2) is 50.5 Å². The van der Waals surface area contributed by atoms with E-state index >= 15 is 0 Å². The maximum absolute atomic E-state index is 13.5. The predicted octanol–water partition coefficient (Wildman–Crippen LogP) is 3.75. The first kappa shape index (κ1) is 26.7. The fourth-order valence-corrected chi connectivity index (χ4v) is 4.41. The van der Waals surface area contributed by atoms with E-state index in [4.69, 9.17) is 11.6 Å². The topological polar surface area (TPSA) is 86.8 Å². The number of sulfonamides is 1. The Morgan fingerprint density at radius 2 is 1.79 bits per heavy atom. The molecule has 2 aromatic carbocycles. The van der Waals surface area contributed by atoms with Crippen LogP contribution < -0.4 is 9.62 Å². The van der Waals surface area contributed by atoms with Gasteiger partial charge in [-0.15, -0.1) is 0 Å². The minimum absolute atomic E-state index is 0.175. The normalized spacial score (nSPS) is 12.2. The number of anilines is 1. The summed E-state index contributed by atoms with van der Waals surface area (Å²) in [5, 5.41) is 3.22. The van der Waals surface area contributed by atoms with Gasteiger partial charge in [0.2, 0.25) is 21.8 Å². The van der Waals surface area contributed by atoms with Gasteiger partial charge in [0.1, 0.15) is 12.6 Å². The lowest BCUT2D eigenvalue weighted by Crippen LogP contribution is -2.51. The Labute approximate surface area is 201 Å². The molecule has 9 heteroatoms. The maximum atomic E-state index is 13.5. The molecule has 180 valence electrons. The lowest BCUT2D eigenvalue weighted by molar-refractivity contribution is -0.139. The van der Waals surface area contributed by atoms with E-state index in [2.05, 4.69) is 5.32 Å². The first-order chi connectivity index (χ1) is 15.5. The van der Waals surface area contributed by atoms with Crippen molar-refractivity contribution in [3.05, 3.63) is 64.7 Å². The number of hydrogen-bond donors (Lipinski definition) is 1. The zero-order valence-electron chi connectivity index (χ0n) is 19.5. The largest absolute Gasteiger partial charge is 0.354 e. The van der Waals surface area contributed by atoms with Crippen molar-refractivity contribution in [2.24, 2.45) is 0 Å². The van der Waals surface area contributed by atoms with Crippen molar-refractivity contribution < 1.29 is 18.0 Å². The third-order valence-corrected chi connectivity index (χ3v) is 6.67. The molecule has 0 saturated carbocycles. The Bertz CT molecular complexity index is 1060. The zero-order chi connectivity index (χ0) is 24.6. The van der Waals surface area contributed by atoms with Crippen LogP contribution >= 0.6 is 11.6 Å². The Balaban J connectivity index is 2.36. The molecule has 1 unspecified atom stereocenters. The van der Waals surface area contributed by atoms with E-state index < -0.39 is 28.5 Å². The maximum Gasteiger partial charge on any atom is 0.244 e. The summed E-state index contributed by atoms with van der Waals surface area (Å²) in [7, 11) is -3.80. The number of aryl methyl sites for hydroxylation is 1. The standard InChI is InChI=1S/C24H32ClN3O4S/c1-5-6-14-26-24(30)19(3)27(16-20-10-8-7-9-11-20)23(29)17-28(33(4,31)32)22-15-21(25)13-12-18(22)2/h7-13,15,19H,5-6,14,16-17H2,1-4H3,(H,26,30). The van der Waals surface area contributed by atoms with Gasteiger partial charge in [0.15, 0.2) is 0 Å². The molecule has 0 aliphatic heterocycles. The van der Waals surface area contributed by atoms with Gasteiger partial charge in [0, 0.05) is 18.1 Å². The Morgan fingerprint density at radius 1 is 1.12 bits per heavy atom. The van der Waals surface area contributed by atoms with Crippen LogP contribution in [0.1, 0.15) is 37.8 Å². The first-order valence-electron chi connectivity index (χ1n) is 10.9. The molecule has 0 fully saturated rings. The molecule has 0 aromatic heterocycles. The Kier molecular flexibility index (Phi) is 9.73. The van der Waals surface area contributed by atoms with Gasteiger partial charge < -0.3 is 10.2 Å². The predicted molar refractivity (Wildman–Crippen MR) is 133 cm³/mol.